The summed E-state index contributed by atoms with van der Waals surface area (Å²) < 4.78 is 72.6. The zero-order valence-corrected chi connectivity index (χ0v) is 8.85. The van der Waals surface area contributed by atoms with Crippen molar-refractivity contribution in [2.45, 2.75) is 12.1 Å². The summed E-state index contributed by atoms with van der Waals surface area (Å²) in [5.74, 6) is -8.14. The number of halogens is 5. The lowest BCUT2D eigenvalue weighted by Gasteiger charge is -2.17. The van der Waals surface area contributed by atoms with Crippen LogP contribution in [-0.4, -0.2) is 51.6 Å². The molecule has 0 rings (SSSR count). The molecule has 0 saturated heterocycles. The van der Waals surface area contributed by atoms with Gasteiger partial charge in [0, 0.05) is 7.11 Å². The van der Waals surface area contributed by atoms with E-state index in [1.807, 2.05) is 0 Å². The number of esters is 1. The SMILES string of the molecule is COCCOCCOC(=O)C(F)(F)C(F)(F)F. The molecule has 0 heterocycles. The molecular formula is C8H11F5O4. The number of methoxy groups -OCH3 is 1. The summed E-state index contributed by atoms with van der Waals surface area (Å²) in [4.78, 5) is 10.4. The first-order valence-electron chi connectivity index (χ1n) is 4.42. The minimum atomic E-state index is -5.96. The second kappa shape index (κ2) is 6.70. The highest BCUT2D eigenvalue weighted by Crippen LogP contribution is 2.36. The Kier molecular flexibility index (Phi) is 6.32. The number of carbonyl (C=O) groups is 1. The van der Waals surface area contributed by atoms with E-state index in [0.717, 1.165) is 0 Å². The van der Waals surface area contributed by atoms with E-state index in [2.05, 4.69) is 9.47 Å². The van der Waals surface area contributed by atoms with Gasteiger partial charge in [-0.25, -0.2) is 4.79 Å². The highest BCUT2D eigenvalue weighted by molar-refractivity contribution is 5.78. The molecule has 0 N–H and O–H groups in total. The van der Waals surface area contributed by atoms with Crippen LogP contribution in [0.4, 0.5) is 22.0 Å². The van der Waals surface area contributed by atoms with Gasteiger partial charge in [-0.3, -0.25) is 0 Å². The maximum atomic E-state index is 12.3. The van der Waals surface area contributed by atoms with Gasteiger partial charge in [0.25, 0.3) is 0 Å². The van der Waals surface area contributed by atoms with Crippen LogP contribution in [0.25, 0.3) is 0 Å². The maximum absolute atomic E-state index is 12.3. The van der Waals surface area contributed by atoms with Crippen LogP contribution in [0, 0.1) is 0 Å². The standard InChI is InChI=1S/C8H11F5O4/c1-15-2-3-16-4-5-17-6(14)7(9,10)8(11,12)13/h2-5H2,1H3. The topological polar surface area (TPSA) is 44.8 Å². The molecule has 102 valence electrons. The third kappa shape index (κ3) is 5.26. The van der Waals surface area contributed by atoms with Crippen LogP contribution in [0.3, 0.4) is 0 Å². The van der Waals surface area contributed by atoms with Gasteiger partial charge in [0.2, 0.25) is 0 Å². The van der Waals surface area contributed by atoms with Crippen molar-refractivity contribution in [3.63, 3.8) is 0 Å². The molecule has 0 aromatic rings. The van der Waals surface area contributed by atoms with E-state index < -0.39 is 24.7 Å². The van der Waals surface area contributed by atoms with Crippen molar-refractivity contribution in [2.24, 2.45) is 0 Å². The molecule has 0 aliphatic rings. The smallest absolute Gasteiger partial charge is 0.459 e. The Hall–Kier alpha value is -0.960. The fourth-order valence-corrected chi connectivity index (χ4v) is 0.644. The summed E-state index contributed by atoms with van der Waals surface area (Å²) in [6.07, 6.45) is -5.96. The van der Waals surface area contributed by atoms with Crippen molar-refractivity contribution in [2.75, 3.05) is 33.5 Å². The Morgan fingerprint density at radius 1 is 1.00 bits per heavy atom. The normalized spacial score (nSPS) is 12.6. The molecule has 0 amide bonds. The molecule has 0 aliphatic carbocycles. The minimum absolute atomic E-state index is 0.115. The Morgan fingerprint density at radius 2 is 1.53 bits per heavy atom. The first kappa shape index (κ1) is 16.0. The molecule has 9 heteroatoms. The van der Waals surface area contributed by atoms with E-state index in [1.165, 1.54) is 7.11 Å². The van der Waals surface area contributed by atoms with Crippen LogP contribution in [-0.2, 0) is 19.0 Å². The second-order valence-electron chi connectivity index (χ2n) is 2.81. The van der Waals surface area contributed by atoms with E-state index in [4.69, 9.17) is 4.74 Å². The summed E-state index contributed by atoms with van der Waals surface area (Å²) >= 11 is 0. The van der Waals surface area contributed by atoms with Crippen molar-refractivity contribution < 1.29 is 41.0 Å². The number of carbonyl (C=O) groups excluding carboxylic acids is 1. The Morgan fingerprint density at radius 3 is 2.00 bits per heavy atom. The summed E-state index contributed by atoms with van der Waals surface area (Å²) in [5, 5.41) is 0. The molecule has 0 bridgehead atoms. The maximum Gasteiger partial charge on any atom is 0.465 e. The van der Waals surface area contributed by atoms with Gasteiger partial charge in [-0.1, -0.05) is 0 Å². The van der Waals surface area contributed by atoms with Crippen LogP contribution in [0.5, 0.6) is 0 Å². The Balaban J connectivity index is 3.87. The third-order valence-electron chi connectivity index (χ3n) is 1.51. The number of ether oxygens (including phenoxy) is 3. The third-order valence-corrected chi connectivity index (χ3v) is 1.51. The number of hydrogen-bond acceptors (Lipinski definition) is 4. The predicted molar refractivity (Wildman–Crippen MR) is 44.7 cm³/mol. The predicted octanol–water partition coefficient (Wildman–Crippen LogP) is 1.39. The van der Waals surface area contributed by atoms with E-state index in [1.54, 1.807) is 0 Å². The molecule has 0 fully saturated rings. The number of alkyl halides is 5. The van der Waals surface area contributed by atoms with Gasteiger partial charge >= 0.3 is 18.1 Å². The molecule has 0 aliphatic heterocycles. The molecular weight excluding hydrogens is 255 g/mol. The second-order valence-corrected chi connectivity index (χ2v) is 2.81. The first-order chi connectivity index (χ1) is 7.73. The van der Waals surface area contributed by atoms with E-state index >= 15 is 0 Å². The molecule has 0 atom stereocenters. The highest BCUT2D eigenvalue weighted by Gasteiger charge is 2.64. The minimum Gasteiger partial charge on any atom is -0.459 e. The van der Waals surface area contributed by atoms with Gasteiger partial charge in [-0.15, -0.1) is 0 Å². The molecule has 4 nitrogen and oxygen atoms in total. The quantitative estimate of drug-likeness (QED) is 0.397. The van der Waals surface area contributed by atoms with Gasteiger partial charge < -0.3 is 14.2 Å². The Bertz CT molecular complexity index is 241. The molecule has 17 heavy (non-hydrogen) atoms. The van der Waals surface area contributed by atoms with Crippen molar-refractivity contribution in [3.05, 3.63) is 0 Å². The largest absolute Gasteiger partial charge is 0.465 e. The molecule has 0 radical (unpaired) electrons. The van der Waals surface area contributed by atoms with Crippen LogP contribution < -0.4 is 0 Å². The zero-order valence-electron chi connectivity index (χ0n) is 8.85. The molecule has 0 aromatic carbocycles. The van der Waals surface area contributed by atoms with Gasteiger partial charge in [0.05, 0.1) is 19.8 Å². The van der Waals surface area contributed by atoms with Crippen molar-refractivity contribution in [3.8, 4) is 0 Å². The van der Waals surface area contributed by atoms with Crippen molar-refractivity contribution >= 4 is 5.97 Å². The lowest BCUT2D eigenvalue weighted by Crippen LogP contribution is -2.45. The summed E-state index contributed by atoms with van der Waals surface area (Å²) in [6.45, 7) is -0.631. The van der Waals surface area contributed by atoms with Crippen molar-refractivity contribution in [1.82, 2.24) is 0 Å². The lowest BCUT2D eigenvalue weighted by molar-refractivity contribution is -0.280. The Labute approximate surface area is 93.6 Å². The van der Waals surface area contributed by atoms with Crippen LogP contribution in [0.1, 0.15) is 0 Å². The molecule has 0 saturated carbocycles. The van der Waals surface area contributed by atoms with Crippen LogP contribution in [0.15, 0.2) is 0 Å². The first-order valence-corrected chi connectivity index (χ1v) is 4.42. The average molecular weight is 266 g/mol. The molecule has 0 unspecified atom stereocenters. The van der Waals surface area contributed by atoms with E-state index in [9.17, 15) is 26.7 Å². The highest BCUT2D eigenvalue weighted by atomic mass is 19.4. The van der Waals surface area contributed by atoms with Crippen molar-refractivity contribution in [1.29, 1.82) is 0 Å². The van der Waals surface area contributed by atoms with Crippen LogP contribution in [0.2, 0.25) is 0 Å². The fourth-order valence-electron chi connectivity index (χ4n) is 0.644. The van der Waals surface area contributed by atoms with Gasteiger partial charge in [0.1, 0.15) is 6.61 Å². The summed E-state index contributed by atoms with van der Waals surface area (Å²) in [5.41, 5.74) is 0. The van der Waals surface area contributed by atoms with E-state index in [-0.39, 0.29) is 19.8 Å². The monoisotopic (exact) mass is 266 g/mol. The van der Waals surface area contributed by atoms with Gasteiger partial charge in [-0.2, -0.15) is 22.0 Å². The molecule has 0 spiro atoms. The van der Waals surface area contributed by atoms with Crippen LogP contribution >= 0.6 is 0 Å². The summed E-state index contributed by atoms with van der Waals surface area (Å²) in [6, 6.07) is 0. The van der Waals surface area contributed by atoms with Gasteiger partial charge in [-0.05, 0) is 0 Å². The zero-order chi connectivity index (χ0) is 13.5. The average Bonchev–Trinajstić information content (AvgIpc) is 2.21. The lowest BCUT2D eigenvalue weighted by atomic mass is 10.3. The summed E-state index contributed by atoms with van der Waals surface area (Å²) in [7, 11) is 1.40. The fraction of sp³-hybridized carbons (Fsp3) is 0.875. The van der Waals surface area contributed by atoms with E-state index in [0.29, 0.717) is 0 Å². The molecule has 0 aromatic heterocycles. The van der Waals surface area contributed by atoms with Gasteiger partial charge in [0.15, 0.2) is 0 Å². The number of hydrogen-bond donors (Lipinski definition) is 0. The number of rotatable bonds is 7.